The van der Waals surface area contributed by atoms with Crippen LogP contribution in [0.25, 0.3) is 10.9 Å². The van der Waals surface area contributed by atoms with Crippen molar-refractivity contribution >= 4 is 22.4 Å². The lowest BCUT2D eigenvalue weighted by Crippen LogP contribution is -2.48. The molecular formula is C29H31N7O5. The highest BCUT2D eigenvalue weighted by Crippen LogP contribution is 2.31. The van der Waals surface area contributed by atoms with E-state index in [9.17, 15) is 14.9 Å². The summed E-state index contributed by atoms with van der Waals surface area (Å²) in [5.41, 5.74) is 3.30. The van der Waals surface area contributed by atoms with Gasteiger partial charge in [0.25, 0.3) is 0 Å². The summed E-state index contributed by atoms with van der Waals surface area (Å²) in [6.45, 7) is 5.13. The number of pyridine rings is 4. The molecule has 2 aliphatic rings. The molecule has 2 aliphatic heterocycles. The molecule has 0 N–H and O–H groups in total. The van der Waals surface area contributed by atoms with E-state index in [1.54, 1.807) is 38.0 Å². The second-order valence-corrected chi connectivity index (χ2v) is 10.6. The number of hydrogen-bond donors (Lipinski definition) is 0. The minimum absolute atomic E-state index is 0.0483. The summed E-state index contributed by atoms with van der Waals surface area (Å²) in [6, 6.07) is 7.25. The molecule has 0 aromatic carbocycles. The van der Waals surface area contributed by atoms with E-state index in [-0.39, 0.29) is 23.3 Å². The maximum absolute atomic E-state index is 13.8. The summed E-state index contributed by atoms with van der Waals surface area (Å²) < 4.78 is 13.4. The number of hydrogen-bond acceptors (Lipinski definition) is 10. The Balaban J connectivity index is 1.35. The van der Waals surface area contributed by atoms with Gasteiger partial charge in [-0.2, -0.15) is 0 Å². The number of nitro groups is 1. The quantitative estimate of drug-likeness (QED) is 0.233. The molecule has 6 rings (SSSR count). The molecule has 41 heavy (non-hydrogen) atoms. The average molecular weight is 558 g/mol. The Hall–Kier alpha value is -4.58. The first-order chi connectivity index (χ1) is 19.9. The van der Waals surface area contributed by atoms with Crippen molar-refractivity contribution in [1.82, 2.24) is 24.4 Å². The van der Waals surface area contributed by atoms with Crippen LogP contribution in [-0.2, 0) is 13.1 Å². The van der Waals surface area contributed by atoms with Crippen molar-refractivity contribution in [2.24, 2.45) is 0 Å². The number of ether oxygens (including phenoxy) is 2. The highest BCUT2D eigenvalue weighted by atomic mass is 16.6. The van der Waals surface area contributed by atoms with E-state index < -0.39 is 4.92 Å². The number of nitrogens with zero attached hydrogens (tertiary/aromatic N) is 7. The summed E-state index contributed by atoms with van der Waals surface area (Å²) >= 11 is 0. The maximum atomic E-state index is 13.8. The summed E-state index contributed by atoms with van der Waals surface area (Å²) in [6.07, 6.45) is 10.4. The lowest BCUT2D eigenvalue weighted by molar-refractivity contribution is -0.389. The van der Waals surface area contributed by atoms with E-state index in [1.807, 2.05) is 18.3 Å². The molecule has 6 heterocycles. The lowest BCUT2D eigenvalue weighted by Gasteiger charge is -2.40. The van der Waals surface area contributed by atoms with E-state index in [0.29, 0.717) is 48.8 Å². The largest absolute Gasteiger partial charge is 0.488 e. The zero-order valence-electron chi connectivity index (χ0n) is 23.0. The number of anilines is 1. The Bertz CT molecular complexity index is 1640. The van der Waals surface area contributed by atoms with E-state index in [2.05, 4.69) is 36.2 Å². The Morgan fingerprint density at radius 3 is 2.85 bits per heavy atom. The Morgan fingerprint density at radius 2 is 2.07 bits per heavy atom. The second kappa shape index (κ2) is 11.1. The minimum atomic E-state index is -0.492. The molecule has 4 aromatic heterocycles. The normalized spacial score (nSPS) is 18.4. The molecule has 12 nitrogen and oxygen atoms in total. The van der Waals surface area contributed by atoms with Crippen LogP contribution in [0.5, 0.6) is 11.6 Å². The van der Waals surface area contributed by atoms with Gasteiger partial charge >= 0.3 is 5.82 Å². The molecule has 0 amide bonds. The molecule has 0 radical (unpaired) electrons. The fourth-order valence-electron chi connectivity index (χ4n) is 5.78. The maximum Gasteiger partial charge on any atom is 0.363 e. The molecule has 2 atom stereocenters. The van der Waals surface area contributed by atoms with Gasteiger partial charge < -0.3 is 29.1 Å². The summed E-state index contributed by atoms with van der Waals surface area (Å²) in [5, 5.41) is 11.6. The van der Waals surface area contributed by atoms with Gasteiger partial charge in [0.05, 0.1) is 35.9 Å². The van der Waals surface area contributed by atoms with Crippen LogP contribution in [0.15, 0.2) is 60.0 Å². The Morgan fingerprint density at radius 1 is 1.20 bits per heavy atom. The van der Waals surface area contributed by atoms with Gasteiger partial charge in [-0.05, 0) is 47.4 Å². The number of methoxy groups -OCH3 is 1. The molecule has 0 spiro atoms. The van der Waals surface area contributed by atoms with E-state index in [1.165, 1.54) is 6.07 Å². The fourth-order valence-corrected chi connectivity index (χ4v) is 5.78. The van der Waals surface area contributed by atoms with Crippen molar-refractivity contribution in [2.45, 2.75) is 44.9 Å². The van der Waals surface area contributed by atoms with Gasteiger partial charge in [-0.3, -0.25) is 14.7 Å². The second-order valence-electron chi connectivity index (χ2n) is 10.6. The van der Waals surface area contributed by atoms with Gasteiger partial charge in [0.1, 0.15) is 6.61 Å². The molecule has 1 fully saturated rings. The van der Waals surface area contributed by atoms with Crippen LogP contribution in [0.3, 0.4) is 0 Å². The molecule has 1 saturated heterocycles. The van der Waals surface area contributed by atoms with Crippen LogP contribution in [0.1, 0.15) is 36.9 Å². The topological polar surface area (TPSA) is 129 Å². The van der Waals surface area contributed by atoms with Crippen molar-refractivity contribution in [1.29, 1.82) is 0 Å². The highest BCUT2D eigenvalue weighted by Gasteiger charge is 2.29. The zero-order chi connectivity index (χ0) is 28.5. The Labute approximate surface area is 236 Å². The zero-order valence-corrected chi connectivity index (χ0v) is 23.0. The van der Waals surface area contributed by atoms with Crippen molar-refractivity contribution in [3.05, 3.63) is 86.7 Å². The molecule has 12 heteroatoms. The molecule has 0 saturated carbocycles. The summed E-state index contributed by atoms with van der Waals surface area (Å²) in [5.74, 6) is 0.991. The third-order valence-electron chi connectivity index (χ3n) is 7.89. The SMILES string of the molecule is COc1cc(CN(Cc2cn3c4c(cncc4c2=O)OCC3C)[C@H]2CCCN(c3ccc([N+](=O)[O-])nc3)C2)ccn1. The standard InChI is InChI=1S/C29H31N7O5/c1-19-18-41-25-13-30-12-24-28(25)35(19)16-21(29(24)37)15-34(14-20-7-8-31-27(10-20)40-2)23-4-3-9-33(17-23)22-5-6-26(32-11-22)36(38)39/h5-8,10-13,16,19,23H,3-4,9,14-15,17-18H2,1-2H3/t19?,23-/m0/s1. The summed E-state index contributed by atoms with van der Waals surface area (Å²) in [7, 11) is 1.59. The fraction of sp³-hybridized carbons (Fsp3) is 0.379. The van der Waals surface area contributed by atoms with Crippen LogP contribution in [-0.4, -0.2) is 62.2 Å². The number of rotatable bonds is 8. The first-order valence-electron chi connectivity index (χ1n) is 13.6. The molecule has 212 valence electrons. The van der Waals surface area contributed by atoms with E-state index in [0.717, 1.165) is 36.2 Å². The van der Waals surface area contributed by atoms with Gasteiger partial charge in [-0.15, -0.1) is 0 Å². The molecule has 1 unspecified atom stereocenters. The van der Waals surface area contributed by atoms with Gasteiger partial charge in [-0.1, -0.05) is 0 Å². The smallest absolute Gasteiger partial charge is 0.363 e. The highest BCUT2D eigenvalue weighted by molar-refractivity contribution is 5.84. The van der Waals surface area contributed by atoms with Crippen LogP contribution in [0.4, 0.5) is 11.5 Å². The van der Waals surface area contributed by atoms with Crippen LogP contribution >= 0.6 is 0 Å². The van der Waals surface area contributed by atoms with Crippen LogP contribution in [0, 0.1) is 10.1 Å². The van der Waals surface area contributed by atoms with Crippen molar-refractivity contribution in [2.75, 3.05) is 31.7 Å². The van der Waals surface area contributed by atoms with Crippen molar-refractivity contribution < 1.29 is 14.4 Å². The van der Waals surface area contributed by atoms with Crippen LogP contribution < -0.4 is 19.8 Å². The first kappa shape index (κ1) is 26.6. The lowest BCUT2D eigenvalue weighted by atomic mass is 10.0. The van der Waals surface area contributed by atoms with E-state index in [4.69, 9.17) is 9.47 Å². The molecule has 4 aromatic rings. The first-order valence-corrected chi connectivity index (χ1v) is 13.6. The van der Waals surface area contributed by atoms with Gasteiger partial charge in [-0.25, -0.2) is 4.98 Å². The minimum Gasteiger partial charge on any atom is -0.488 e. The average Bonchev–Trinajstić information content (AvgIpc) is 3.00. The predicted octanol–water partition coefficient (Wildman–Crippen LogP) is 3.73. The van der Waals surface area contributed by atoms with Gasteiger partial charge in [0, 0.05) is 68.5 Å². The van der Waals surface area contributed by atoms with E-state index >= 15 is 0 Å². The monoisotopic (exact) mass is 557 g/mol. The summed E-state index contributed by atoms with van der Waals surface area (Å²) in [4.78, 5) is 41.5. The third-order valence-corrected chi connectivity index (χ3v) is 7.89. The number of piperidine rings is 1. The van der Waals surface area contributed by atoms with Gasteiger partial charge in [0.15, 0.2) is 17.4 Å². The van der Waals surface area contributed by atoms with Crippen molar-refractivity contribution in [3.8, 4) is 11.6 Å². The number of aromatic nitrogens is 4. The molecular weight excluding hydrogens is 526 g/mol. The third kappa shape index (κ3) is 5.30. The van der Waals surface area contributed by atoms with Crippen molar-refractivity contribution in [3.63, 3.8) is 0 Å². The molecule has 0 aliphatic carbocycles. The Kier molecular flexibility index (Phi) is 7.23. The van der Waals surface area contributed by atoms with Crippen LogP contribution in [0.2, 0.25) is 0 Å². The molecule has 0 bridgehead atoms. The van der Waals surface area contributed by atoms with Gasteiger partial charge in [0.2, 0.25) is 5.88 Å². The predicted molar refractivity (Wildman–Crippen MR) is 152 cm³/mol.